The number of alkyl halides is 3. The quantitative estimate of drug-likeness (QED) is 0.160. The monoisotopic (exact) mass is 676 g/mol. The van der Waals surface area contributed by atoms with Crippen LogP contribution in [-0.2, 0) is 6.18 Å². The molecule has 0 aliphatic rings. The van der Waals surface area contributed by atoms with Gasteiger partial charge in [-0.3, -0.25) is 14.6 Å². The van der Waals surface area contributed by atoms with Crippen LogP contribution in [-0.4, -0.2) is 26.6 Å². The third kappa shape index (κ3) is 9.16. The van der Waals surface area contributed by atoms with Crippen LogP contribution in [0.2, 0.25) is 0 Å². The third-order valence-electron chi connectivity index (χ3n) is 7.19. The normalized spacial score (nSPS) is 10.8. The van der Waals surface area contributed by atoms with E-state index in [1.54, 1.807) is 36.4 Å². The fourth-order valence-corrected chi connectivity index (χ4v) is 4.72. The smallest absolute Gasteiger partial charge is 0.416 e. The predicted octanol–water partition coefficient (Wildman–Crippen LogP) is 9.41. The summed E-state index contributed by atoms with van der Waals surface area (Å²) in [5.74, 6) is 0.524. The molecule has 3 aromatic heterocycles. The van der Waals surface area contributed by atoms with Crippen molar-refractivity contribution >= 4 is 11.7 Å². The molecule has 0 aliphatic heterocycles. The summed E-state index contributed by atoms with van der Waals surface area (Å²) in [4.78, 5) is 36.0. The van der Waals surface area contributed by atoms with Gasteiger partial charge in [0.25, 0.3) is 5.91 Å². The fraction of sp³-hybridized carbons (Fsp3) is 0.103. The molecule has 2 N–H and O–H groups in total. The highest BCUT2D eigenvalue weighted by molar-refractivity contribution is 5.97. The minimum atomic E-state index is -4.56. The van der Waals surface area contributed by atoms with E-state index in [0.29, 0.717) is 22.9 Å². The minimum Gasteiger partial charge on any atom is -0.457 e. The molecule has 0 saturated heterocycles. The molecule has 3 heterocycles. The highest BCUT2D eigenvalue weighted by Gasteiger charge is 2.31. The molecule has 3 aromatic carbocycles. The maximum absolute atomic E-state index is 12.9. The van der Waals surface area contributed by atoms with E-state index in [1.165, 1.54) is 13.0 Å². The number of halogens is 3. The molecular formula is C39H31F3N4O4. The number of hydrogen-bond donors (Lipinski definition) is 1. The number of benzene rings is 3. The lowest BCUT2D eigenvalue weighted by Gasteiger charge is -2.13. The molecule has 11 heteroatoms. The zero-order valence-electron chi connectivity index (χ0n) is 27.2. The Labute approximate surface area is 286 Å². The van der Waals surface area contributed by atoms with Gasteiger partial charge >= 0.3 is 6.18 Å². The first kappa shape index (κ1) is 35.0. The van der Waals surface area contributed by atoms with Crippen LogP contribution >= 0.6 is 0 Å². The number of carbonyl (C=O) groups excluding carboxylic acids is 2. The average Bonchev–Trinajstić information content (AvgIpc) is 3.09. The van der Waals surface area contributed by atoms with Gasteiger partial charge in [-0.05, 0) is 118 Å². The molecule has 0 unspecified atom stereocenters. The Kier molecular flexibility index (Phi) is 10.7. The van der Waals surface area contributed by atoms with Crippen molar-refractivity contribution in [3.63, 3.8) is 0 Å². The van der Waals surface area contributed by atoms with Gasteiger partial charge in [-0.1, -0.05) is 18.2 Å². The van der Waals surface area contributed by atoms with E-state index in [1.807, 2.05) is 74.5 Å². The van der Waals surface area contributed by atoms with Crippen LogP contribution in [0.1, 0.15) is 44.7 Å². The fourth-order valence-electron chi connectivity index (χ4n) is 4.72. The standard InChI is InChI=1S/C21H15F3N2O3.C18H16N2O/c1-12(27)16-11-14(21(22,23)24)7-10-19(16)29-15-8-5-13(6-9-15)17-3-2-4-18(26-17)20(25)28;1-13-5-3-7-17(19-13)15-9-11-16(12-10-15)21-18-8-4-6-14(2)20-18/h2-11H,1H3,(H2,25,28);3-12H,1-2H3. The van der Waals surface area contributed by atoms with Crippen molar-refractivity contribution < 1.29 is 32.2 Å². The molecule has 50 heavy (non-hydrogen) atoms. The van der Waals surface area contributed by atoms with E-state index in [-0.39, 0.29) is 17.0 Å². The number of nitrogens with zero attached hydrogens (tertiary/aromatic N) is 3. The molecule has 0 spiro atoms. The van der Waals surface area contributed by atoms with Gasteiger partial charge in [-0.15, -0.1) is 0 Å². The van der Waals surface area contributed by atoms with Crippen molar-refractivity contribution in [2.75, 3.05) is 0 Å². The van der Waals surface area contributed by atoms with Crippen molar-refractivity contribution in [3.05, 3.63) is 150 Å². The largest absolute Gasteiger partial charge is 0.457 e. The van der Waals surface area contributed by atoms with Gasteiger partial charge in [-0.2, -0.15) is 13.2 Å². The Morgan fingerprint density at radius 3 is 1.72 bits per heavy atom. The van der Waals surface area contributed by atoms with Crippen molar-refractivity contribution in [1.29, 1.82) is 0 Å². The summed E-state index contributed by atoms with van der Waals surface area (Å²) in [5, 5.41) is 0. The number of aryl methyl sites for hydroxylation is 2. The highest BCUT2D eigenvalue weighted by Crippen LogP contribution is 2.35. The Balaban J connectivity index is 0.000000204. The Morgan fingerprint density at radius 1 is 0.640 bits per heavy atom. The van der Waals surface area contributed by atoms with Gasteiger partial charge in [0.05, 0.1) is 22.5 Å². The molecule has 1 amide bonds. The second kappa shape index (κ2) is 15.2. The van der Waals surface area contributed by atoms with Gasteiger partial charge in [0, 0.05) is 28.6 Å². The summed E-state index contributed by atoms with van der Waals surface area (Å²) >= 11 is 0. The Hall–Kier alpha value is -6.36. The zero-order chi connectivity index (χ0) is 35.8. The summed E-state index contributed by atoms with van der Waals surface area (Å²) in [6, 6.07) is 33.7. The molecule has 8 nitrogen and oxygen atoms in total. The van der Waals surface area contributed by atoms with Gasteiger partial charge < -0.3 is 15.2 Å². The van der Waals surface area contributed by atoms with Crippen molar-refractivity contribution in [2.24, 2.45) is 5.73 Å². The van der Waals surface area contributed by atoms with Gasteiger partial charge in [0.2, 0.25) is 5.88 Å². The number of nitrogens with two attached hydrogens (primary N) is 1. The van der Waals surface area contributed by atoms with Crippen molar-refractivity contribution in [3.8, 4) is 45.6 Å². The van der Waals surface area contributed by atoms with Crippen LogP contribution in [0.15, 0.2) is 121 Å². The lowest BCUT2D eigenvalue weighted by molar-refractivity contribution is -0.137. The molecule has 0 saturated carbocycles. The first-order chi connectivity index (χ1) is 23.9. The van der Waals surface area contributed by atoms with Crippen LogP contribution in [0.3, 0.4) is 0 Å². The van der Waals surface area contributed by atoms with E-state index in [2.05, 4.69) is 15.0 Å². The summed E-state index contributed by atoms with van der Waals surface area (Å²) in [7, 11) is 0. The number of rotatable bonds is 8. The molecule has 0 fully saturated rings. The molecule has 6 aromatic rings. The summed E-state index contributed by atoms with van der Waals surface area (Å²) in [6.07, 6.45) is -4.56. The van der Waals surface area contributed by atoms with Gasteiger partial charge in [0.15, 0.2) is 5.78 Å². The van der Waals surface area contributed by atoms with Gasteiger partial charge in [-0.25, -0.2) is 9.97 Å². The predicted molar refractivity (Wildman–Crippen MR) is 183 cm³/mol. The number of amides is 1. The lowest BCUT2D eigenvalue weighted by atomic mass is 10.1. The number of hydrogen-bond acceptors (Lipinski definition) is 7. The first-order valence-corrected chi connectivity index (χ1v) is 15.3. The average molecular weight is 677 g/mol. The third-order valence-corrected chi connectivity index (χ3v) is 7.19. The molecule has 0 bridgehead atoms. The number of Topliss-reactive ketones (excluding diaryl/α,β-unsaturated/α-hetero) is 1. The Bertz CT molecular complexity index is 2130. The zero-order valence-corrected chi connectivity index (χ0v) is 27.2. The van der Waals surface area contributed by atoms with Crippen LogP contribution in [0.25, 0.3) is 22.5 Å². The number of ether oxygens (including phenoxy) is 2. The van der Waals surface area contributed by atoms with Crippen molar-refractivity contribution in [2.45, 2.75) is 26.9 Å². The Morgan fingerprint density at radius 2 is 1.18 bits per heavy atom. The van der Waals surface area contributed by atoms with E-state index in [0.717, 1.165) is 46.6 Å². The van der Waals surface area contributed by atoms with Crippen molar-refractivity contribution in [1.82, 2.24) is 15.0 Å². The lowest BCUT2D eigenvalue weighted by Crippen LogP contribution is -2.12. The van der Waals surface area contributed by atoms with Crippen LogP contribution < -0.4 is 15.2 Å². The number of aromatic nitrogens is 3. The SMILES string of the molecule is CC(=O)c1cc(C(F)(F)F)ccc1Oc1ccc(-c2cccc(C(N)=O)n2)cc1.Cc1cccc(Oc2ccc(-c3cccc(C)n3)cc2)n1. The number of ketones is 1. The molecule has 0 radical (unpaired) electrons. The van der Waals surface area contributed by atoms with Crippen LogP contribution in [0, 0.1) is 13.8 Å². The van der Waals surface area contributed by atoms with E-state index < -0.39 is 23.4 Å². The minimum absolute atomic E-state index is 0.0205. The molecular weight excluding hydrogens is 645 g/mol. The van der Waals surface area contributed by atoms with Gasteiger partial charge in [0.1, 0.15) is 22.9 Å². The first-order valence-electron chi connectivity index (χ1n) is 15.3. The van der Waals surface area contributed by atoms with Crippen LogP contribution in [0.4, 0.5) is 13.2 Å². The highest BCUT2D eigenvalue weighted by atomic mass is 19.4. The second-order valence-electron chi connectivity index (χ2n) is 11.1. The maximum atomic E-state index is 12.9. The molecule has 6 rings (SSSR count). The molecule has 0 atom stereocenters. The number of carbonyl (C=O) groups is 2. The summed E-state index contributed by atoms with van der Waals surface area (Å²) < 4.78 is 50.0. The number of primary amides is 1. The van der Waals surface area contributed by atoms with E-state index >= 15 is 0 Å². The molecule has 252 valence electrons. The maximum Gasteiger partial charge on any atom is 0.416 e. The van der Waals surface area contributed by atoms with Crippen LogP contribution in [0.5, 0.6) is 23.1 Å². The summed E-state index contributed by atoms with van der Waals surface area (Å²) in [5.41, 5.74) is 9.45. The second-order valence-corrected chi connectivity index (χ2v) is 11.1. The van der Waals surface area contributed by atoms with E-state index in [4.69, 9.17) is 15.2 Å². The number of pyridine rings is 3. The summed E-state index contributed by atoms with van der Waals surface area (Å²) in [6.45, 7) is 5.10. The van der Waals surface area contributed by atoms with E-state index in [9.17, 15) is 22.8 Å². The topological polar surface area (TPSA) is 117 Å². The molecule has 0 aliphatic carbocycles.